The summed E-state index contributed by atoms with van der Waals surface area (Å²) in [7, 11) is 1.75. The maximum atomic E-state index is 5.23. The highest BCUT2D eigenvalue weighted by Gasteiger charge is 2.26. The molecule has 0 bridgehead atoms. The molecule has 1 aliphatic heterocycles. The van der Waals surface area contributed by atoms with Crippen LogP contribution in [-0.4, -0.2) is 40.9 Å². The Kier molecular flexibility index (Phi) is 1.85. The van der Waals surface area contributed by atoms with Crippen LogP contribution in [-0.2, 0) is 4.74 Å². The molecule has 5 nitrogen and oxygen atoms in total. The first-order valence-corrected chi connectivity index (χ1v) is 4.94. The standard InChI is InChI=1S/C10H12N4O/c1-15-9-6-13(7-9)8-4-11-10-2-3-12-14(10)5-8/h2-5,9H,6-7H2,1H3. The number of rotatable bonds is 2. The fraction of sp³-hybridized carbons (Fsp3) is 0.400. The second-order valence-electron chi connectivity index (χ2n) is 3.71. The first-order valence-electron chi connectivity index (χ1n) is 4.94. The third-order valence-corrected chi connectivity index (χ3v) is 2.78. The van der Waals surface area contributed by atoms with Gasteiger partial charge in [-0.15, -0.1) is 0 Å². The van der Waals surface area contributed by atoms with Gasteiger partial charge >= 0.3 is 0 Å². The minimum absolute atomic E-state index is 0.360. The molecule has 2 aromatic heterocycles. The lowest BCUT2D eigenvalue weighted by molar-refractivity contribution is 0.0787. The van der Waals surface area contributed by atoms with Crippen LogP contribution in [0.15, 0.2) is 24.7 Å². The molecule has 0 atom stereocenters. The van der Waals surface area contributed by atoms with E-state index in [1.807, 2.05) is 18.5 Å². The van der Waals surface area contributed by atoms with E-state index in [0.29, 0.717) is 6.10 Å². The molecule has 78 valence electrons. The molecule has 0 aromatic carbocycles. The summed E-state index contributed by atoms with van der Waals surface area (Å²) in [4.78, 5) is 6.54. The molecule has 1 fully saturated rings. The van der Waals surface area contributed by atoms with E-state index in [1.54, 1.807) is 17.8 Å². The number of aromatic nitrogens is 3. The molecular weight excluding hydrogens is 192 g/mol. The van der Waals surface area contributed by atoms with Crippen molar-refractivity contribution in [3.05, 3.63) is 24.7 Å². The van der Waals surface area contributed by atoms with Gasteiger partial charge in [-0.05, 0) is 0 Å². The maximum absolute atomic E-state index is 5.23. The molecule has 0 spiro atoms. The van der Waals surface area contributed by atoms with Crippen LogP contribution in [0.3, 0.4) is 0 Å². The molecule has 3 heterocycles. The van der Waals surface area contributed by atoms with Gasteiger partial charge in [0.15, 0.2) is 5.65 Å². The molecule has 0 aliphatic carbocycles. The Bertz CT molecular complexity index is 475. The Hall–Kier alpha value is -1.62. The quantitative estimate of drug-likeness (QED) is 0.717. The van der Waals surface area contributed by atoms with Crippen molar-refractivity contribution < 1.29 is 4.74 Å². The largest absolute Gasteiger partial charge is 0.378 e. The topological polar surface area (TPSA) is 42.7 Å². The van der Waals surface area contributed by atoms with Gasteiger partial charge in [0.2, 0.25) is 0 Å². The lowest BCUT2D eigenvalue weighted by Crippen LogP contribution is -2.52. The zero-order valence-electron chi connectivity index (χ0n) is 8.50. The van der Waals surface area contributed by atoms with Gasteiger partial charge in [0, 0.05) is 26.3 Å². The first kappa shape index (κ1) is 8.67. The van der Waals surface area contributed by atoms with Crippen LogP contribution >= 0.6 is 0 Å². The normalized spacial score (nSPS) is 17.0. The maximum Gasteiger partial charge on any atom is 0.155 e. The van der Waals surface area contributed by atoms with Gasteiger partial charge < -0.3 is 9.64 Å². The molecule has 0 unspecified atom stereocenters. The summed E-state index contributed by atoms with van der Waals surface area (Å²) in [5, 5.41) is 4.16. The van der Waals surface area contributed by atoms with E-state index in [4.69, 9.17) is 4.74 Å². The number of methoxy groups -OCH3 is 1. The Morgan fingerprint density at radius 3 is 3.13 bits per heavy atom. The van der Waals surface area contributed by atoms with E-state index >= 15 is 0 Å². The summed E-state index contributed by atoms with van der Waals surface area (Å²) in [6.45, 7) is 1.87. The lowest BCUT2D eigenvalue weighted by Gasteiger charge is -2.39. The predicted molar refractivity (Wildman–Crippen MR) is 56.0 cm³/mol. The van der Waals surface area contributed by atoms with E-state index in [0.717, 1.165) is 24.4 Å². The Labute approximate surface area is 87.3 Å². The summed E-state index contributed by atoms with van der Waals surface area (Å²) in [5.41, 5.74) is 1.97. The molecule has 15 heavy (non-hydrogen) atoms. The van der Waals surface area contributed by atoms with Crippen molar-refractivity contribution in [2.75, 3.05) is 25.1 Å². The third kappa shape index (κ3) is 1.35. The zero-order valence-corrected chi connectivity index (χ0v) is 8.50. The lowest BCUT2D eigenvalue weighted by atomic mass is 10.1. The van der Waals surface area contributed by atoms with Crippen LogP contribution < -0.4 is 4.90 Å². The minimum Gasteiger partial charge on any atom is -0.378 e. The van der Waals surface area contributed by atoms with Crippen molar-refractivity contribution in [3.63, 3.8) is 0 Å². The van der Waals surface area contributed by atoms with Gasteiger partial charge in [0.25, 0.3) is 0 Å². The number of fused-ring (bicyclic) bond motifs is 1. The van der Waals surface area contributed by atoms with E-state index in [2.05, 4.69) is 15.0 Å². The van der Waals surface area contributed by atoms with Gasteiger partial charge in [-0.2, -0.15) is 5.10 Å². The molecule has 2 aromatic rings. The van der Waals surface area contributed by atoms with Crippen molar-refractivity contribution in [1.29, 1.82) is 0 Å². The number of hydrogen-bond acceptors (Lipinski definition) is 4. The molecule has 3 rings (SSSR count). The van der Waals surface area contributed by atoms with E-state index in [9.17, 15) is 0 Å². The smallest absolute Gasteiger partial charge is 0.155 e. The van der Waals surface area contributed by atoms with Crippen molar-refractivity contribution >= 4 is 11.3 Å². The third-order valence-electron chi connectivity index (χ3n) is 2.78. The van der Waals surface area contributed by atoms with Crippen molar-refractivity contribution in [2.24, 2.45) is 0 Å². The average Bonchev–Trinajstić information content (AvgIpc) is 2.63. The summed E-state index contributed by atoms with van der Waals surface area (Å²) in [6, 6.07) is 1.89. The number of nitrogens with zero attached hydrogens (tertiary/aromatic N) is 4. The summed E-state index contributed by atoms with van der Waals surface area (Å²) < 4.78 is 7.01. The van der Waals surface area contributed by atoms with E-state index in [1.165, 1.54) is 0 Å². The van der Waals surface area contributed by atoms with Gasteiger partial charge in [0.1, 0.15) is 0 Å². The summed E-state index contributed by atoms with van der Waals surface area (Å²) in [5.74, 6) is 0. The molecule has 1 saturated heterocycles. The number of hydrogen-bond donors (Lipinski definition) is 0. The first-order chi connectivity index (χ1) is 7.36. The van der Waals surface area contributed by atoms with E-state index < -0.39 is 0 Å². The van der Waals surface area contributed by atoms with Crippen LogP contribution in [0.25, 0.3) is 5.65 Å². The second-order valence-corrected chi connectivity index (χ2v) is 3.71. The molecule has 0 amide bonds. The van der Waals surface area contributed by atoms with Gasteiger partial charge in [-0.1, -0.05) is 0 Å². The van der Waals surface area contributed by atoms with Crippen LogP contribution in [0.4, 0.5) is 5.69 Å². The average molecular weight is 204 g/mol. The molecular formula is C10H12N4O. The second kappa shape index (κ2) is 3.20. The fourth-order valence-electron chi connectivity index (χ4n) is 1.76. The fourth-order valence-corrected chi connectivity index (χ4v) is 1.76. The van der Waals surface area contributed by atoms with Crippen LogP contribution in [0.2, 0.25) is 0 Å². The summed E-state index contributed by atoms with van der Waals surface area (Å²) in [6.07, 6.45) is 5.98. The van der Waals surface area contributed by atoms with Crippen molar-refractivity contribution in [3.8, 4) is 0 Å². The minimum atomic E-state index is 0.360. The SMILES string of the molecule is COC1CN(c2cnc3ccnn3c2)C1. The van der Waals surface area contributed by atoms with Gasteiger partial charge in [-0.3, -0.25) is 0 Å². The van der Waals surface area contributed by atoms with E-state index in [-0.39, 0.29) is 0 Å². The molecule has 0 N–H and O–H groups in total. The molecule has 0 saturated carbocycles. The van der Waals surface area contributed by atoms with Gasteiger partial charge in [-0.25, -0.2) is 9.50 Å². The molecule has 1 aliphatic rings. The molecule has 0 radical (unpaired) electrons. The number of ether oxygens (including phenoxy) is 1. The summed E-state index contributed by atoms with van der Waals surface area (Å²) >= 11 is 0. The Balaban J connectivity index is 1.86. The highest BCUT2D eigenvalue weighted by Crippen LogP contribution is 2.21. The molecule has 5 heteroatoms. The monoisotopic (exact) mass is 204 g/mol. The number of anilines is 1. The Morgan fingerprint density at radius 2 is 2.33 bits per heavy atom. The van der Waals surface area contributed by atoms with Crippen molar-refractivity contribution in [2.45, 2.75) is 6.10 Å². The zero-order chi connectivity index (χ0) is 10.3. The van der Waals surface area contributed by atoms with Crippen molar-refractivity contribution in [1.82, 2.24) is 14.6 Å². The highest BCUT2D eigenvalue weighted by molar-refractivity contribution is 5.50. The van der Waals surface area contributed by atoms with Crippen LogP contribution in [0.1, 0.15) is 0 Å². The van der Waals surface area contributed by atoms with Crippen LogP contribution in [0, 0.1) is 0 Å². The Morgan fingerprint density at radius 1 is 1.47 bits per heavy atom. The van der Waals surface area contributed by atoms with Crippen LogP contribution in [0.5, 0.6) is 0 Å². The predicted octanol–water partition coefficient (Wildman–Crippen LogP) is 0.564. The van der Waals surface area contributed by atoms with Gasteiger partial charge in [0.05, 0.1) is 30.4 Å². The highest BCUT2D eigenvalue weighted by atomic mass is 16.5.